The van der Waals surface area contributed by atoms with Crippen LogP contribution in [0.1, 0.15) is 59.4 Å². The second-order valence-corrected chi connectivity index (χ2v) is 15.9. The van der Waals surface area contributed by atoms with Crippen molar-refractivity contribution in [2.45, 2.75) is 83.8 Å². The molecule has 0 saturated carbocycles. The number of rotatable bonds is 11. The number of ether oxygens (including phenoxy) is 2. The van der Waals surface area contributed by atoms with Gasteiger partial charge in [-0.15, -0.1) is 0 Å². The van der Waals surface area contributed by atoms with Crippen LogP contribution >= 0.6 is 0 Å². The van der Waals surface area contributed by atoms with Gasteiger partial charge in [-0.2, -0.15) is 0 Å². The Bertz CT molecular complexity index is 1030. The minimum atomic E-state index is -2.55. The highest BCUT2D eigenvalue weighted by atomic mass is 28.4. The maximum atomic E-state index is 7.28. The first-order valence-electron chi connectivity index (χ1n) is 13.9. The average Bonchev–Trinajstić information content (AvgIpc) is 3.36. The van der Waals surface area contributed by atoms with Gasteiger partial charge in [-0.3, -0.25) is 0 Å². The van der Waals surface area contributed by atoms with Crippen molar-refractivity contribution < 1.29 is 13.9 Å². The maximum absolute atomic E-state index is 7.28. The van der Waals surface area contributed by atoms with E-state index in [1.54, 1.807) is 0 Å². The van der Waals surface area contributed by atoms with Crippen LogP contribution in [0.25, 0.3) is 0 Å². The fraction of sp³-hybridized carbons (Fsp3) is 0.455. The molecule has 1 aliphatic heterocycles. The van der Waals surface area contributed by atoms with Crippen molar-refractivity contribution in [1.82, 2.24) is 0 Å². The molecule has 0 spiro atoms. The summed E-state index contributed by atoms with van der Waals surface area (Å²) in [5.74, 6) is 0.376. The molecule has 0 radical (unpaired) electrons. The van der Waals surface area contributed by atoms with E-state index in [1.807, 2.05) is 6.07 Å². The fourth-order valence-corrected chi connectivity index (χ4v) is 10.5. The zero-order chi connectivity index (χ0) is 26.3. The van der Waals surface area contributed by atoms with Crippen LogP contribution < -0.4 is 10.4 Å². The Hall–Kier alpha value is -2.24. The van der Waals surface area contributed by atoms with Crippen LogP contribution in [0.5, 0.6) is 0 Å². The van der Waals surface area contributed by atoms with Gasteiger partial charge in [0.2, 0.25) is 0 Å². The summed E-state index contributed by atoms with van der Waals surface area (Å²) in [6, 6.07) is 32.2. The highest BCUT2D eigenvalue weighted by Gasteiger charge is 2.51. The molecule has 0 aliphatic carbocycles. The predicted molar refractivity (Wildman–Crippen MR) is 156 cm³/mol. The maximum Gasteiger partial charge on any atom is 0.261 e. The van der Waals surface area contributed by atoms with Crippen molar-refractivity contribution in [3.05, 3.63) is 96.6 Å². The lowest BCUT2D eigenvalue weighted by atomic mass is 10.0. The van der Waals surface area contributed by atoms with Gasteiger partial charge in [0.1, 0.15) is 0 Å². The molecule has 1 fully saturated rings. The molecule has 3 nitrogen and oxygen atoms in total. The summed E-state index contributed by atoms with van der Waals surface area (Å²) in [5.41, 5.74) is 1.22. The van der Waals surface area contributed by atoms with Crippen LogP contribution in [0.15, 0.2) is 91.0 Å². The third-order valence-corrected chi connectivity index (χ3v) is 12.8. The number of hydrogen-bond donors (Lipinski definition) is 0. The lowest BCUT2D eigenvalue weighted by molar-refractivity contribution is -0.0294. The van der Waals surface area contributed by atoms with Crippen molar-refractivity contribution in [3.8, 4) is 0 Å². The van der Waals surface area contributed by atoms with E-state index >= 15 is 0 Å². The molecule has 0 amide bonds. The molecule has 1 saturated heterocycles. The Morgan fingerprint density at radius 2 is 1.35 bits per heavy atom. The van der Waals surface area contributed by atoms with E-state index in [9.17, 15) is 0 Å². The van der Waals surface area contributed by atoms with E-state index in [2.05, 4.69) is 120 Å². The summed E-state index contributed by atoms with van der Waals surface area (Å²) in [6.45, 7) is 12.9. The normalized spacial score (nSPS) is 20.0. The molecule has 4 heteroatoms. The van der Waals surface area contributed by atoms with E-state index in [4.69, 9.17) is 13.9 Å². The molecule has 4 rings (SSSR count). The largest absolute Gasteiger partial charge is 0.405 e. The van der Waals surface area contributed by atoms with Crippen LogP contribution in [0.4, 0.5) is 0 Å². The molecule has 1 aliphatic rings. The first kappa shape index (κ1) is 27.8. The van der Waals surface area contributed by atoms with Gasteiger partial charge >= 0.3 is 0 Å². The van der Waals surface area contributed by atoms with E-state index in [0.29, 0.717) is 12.5 Å². The van der Waals surface area contributed by atoms with Crippen LogP contribution in [-0.2, 0) is 20.5 Å². The minimum absolute atomic E-state index is 0.0202. The molecule has 0 bridgehead atoms. The molecule has 198 valence electrons. The number of benzene rings is 3. The van der Waals surface area contributed by atoms with Gasteiger partial charge in [-0.1, -0.05) is 119 Å². The van der Waals surface area contributed by atoms with E-state index in [0.717, 1.165) is 25.9 Å². The van der Waals surface area contributed by atoms with Crippen molar-refractivity contribution >= 4 is 18.7 Å². The van der Waals surface area contributed by atoms with Crippen molar-refractivity contribution in [2.24, 2.45) is 5.92 Å². The minimum Gasteiger partial charge on any atom is -0.405 e. The third-order valence-electron chi connectivity index (χ3n) is 7.66. The molecular weight excluding hydrogens is 472 g/mol. The zero-order valence-electron chi connectivity index (χ0n) is 23.2. The number of hydrogen-bond acceptors (Lipinski definition) is 3. The van der Waals surface area contributed by atoms with Crippen molar-refractivity contribution in [2.75, 3.05) is 6.61 Å². The Labute approximate surface area is 225 Å². The van der Waals surface area contributed by atoms with Crippen molar-refractivity contribution in [1.29, 1.82) is 0 Å². The Kier molecular flexibility index (Phi) is 9.41. The first-order chi connectivity index (χ1) is 17.8. The fourth-order valence-electron chi connectivity index (χ4n) is 5.78. The zero-order valence-corrected chi connectivity index (χ0v) is 24.2. The van der Waals surface area contributed by atoms with E-state index in [1.165, 1.54) is 15.9 Å². The molecule has 3 aromatic carbocycles. The molecule has 0 unspecified atom stereocenters. The summed E-state index contributed by atoms with van der Waals surface area (Å²) < 4.78 is 19.9. The molecule has 0 N–H and O–H groups in total. The molecule has 0 aromatic heterocycles. The summed E-state index contributed by atoms with van der Waals surface area (Å²) >= 11 is 0. The SMILES string of the molecule is C[C@@H](C[C@@H]1CC[C@H]([C@@H](C)COCc2ccccc2)O1)O[Si](c1ccccc1)(c1ccccc1)C(C)(C)C. The second-order valence-electron chi connectivity index (χ2n) is 11.7. The Morgan fingerprint density at radius 1 is 0.811 bits per heavy atom. The smallest absolute Gasteiger partial charge is 0.261 e. The van der Waals surface area contributed by atoms with Crippen molar-refractivity contribution in [3.63, 3.8) is 0 Å². The average molecular weight is 517 g/mol. The molecule has 37 heavy (non-hydrogen) atoms. The molecule has 3 aromatic rings. The summed E-state index contributed by atoms with van der Waals surface area (Å²) in [6.07, 6.45) is 3.67. The molecular formula is C33H44O3Si. The lowest BCUT2D eigenvalue weighted by Gasteiger charge is -2.45. The Balaban J connectivity index is 1.40. The van der Waals surface area contributed by atoms with Gasteiger partial charge < -0.3 is 13.9 Å². The Morgan fingerprint density at radius 3 is 1.89 bits per heavy atom. The van der Waals surface area contributed by atoms with Crippen LogP contribution in [0.2, 0.25) is 5.04 Å². The van der Waals surface area contributed by atoms with Crippen LogP contribution in [-0.4, -0.2) is 33.2 Å². The van der Waals surface area contributed by atoms with Gasteiger partial charge in [0.15, 0.2) is 0 Å². The van der Waals surface area contributed by atoms with Crippen LogP contribution in [0, 0.1) is 5.92 Å². The monoisotopic (exact) mass is 516 g/mol. The van der Waals surface area contributed by atoms with E-state index < -0.39 is 8.32 Å². The summed E-state index contributed by atoms with van der Waals surface area (Å²) in [4.78, 5) is 0. The van der Waals surface area contributed by atoms with E-state index in [-0.39, 0.29) is 23.4 Å². The van der Waals surface area contributed by atoms with Gasteiger partial charge in [0, 0.05) is 12.0 Å². The van der Waals surface area contributed by atoms with Gasteiger partial charge in [-0.05, 0) is 47.2 Å². The topological polar surface area (TPSA) is 27.7 Å². The summed E-state index contributed by atoms with van der Waals surface area (Å²) in [5, 5.41) is 2.64. The molecule has 1 heterocycles. The summed E-state index contributed by atoms with van der Waals surface area (Å²) in [7, 11) is -2.55. The quantitative estimate of drug-likeness (QED) is 0.264. The standard InChI is InChI=1S/C33H44O3Si/c1-26(24-34-25-28-15-9-6-10-16-28)32-22-21-29(35-32)23-27(2)36-37(33(3,4)5,30-17-11-7-12-18-30)31-19-13-8-14-20-31/h6-20,26-27,29,32H,21-25H2,1-5H3/t26-,27-,29-,32+/m0/s1. The highest BCUT2D eigenvalue weighted by Crippen LogP contribution is 2.38. The van der Waals surface area contributed by atoms with Gasteiger partial charge in [0.25, 0.3) is 8.32 Å². The van der Waals surface area contributed by atoms with Gasteiger partial charge in [-0.25, -0.2) is 0 Å². The molecule has 4 atom stereocenters. The van der Waals surface area contributed by atoms with Crippen LogP contribution in [0.3, 0.4) is 0 Å². The second kappa shape index (κ2) is 12.5. The third kappa shape index (κ3) is 6.80. The lowest BCUT2D eigenvalue weighted by Crippen LogP contribution is -2.67. The highest BCUT2D eigenvalue weighted by molar-refractivity contribution is 6.99. The predicted octanol–water partition coefficient (Wildman–Crippen LogP) is 6.74. The van der Waals surface area contributed by atoms with Gasteiger partial charge in [0.05, 0.1) is 25.4 Å². The first-order valence-corrected chi connectivity index (χ1v) is 15.8.